The maximum atomic E-state index is 13.9. The van der Waals surface area contributed by atoms with Crippen LogP contribution in [0, 0.1) is 5.41 Å². The van der Waals surface area contributed by atoms with Crippen LogP contribution >= 0.6 is 7.60 Å². The zero-order chi connectivity index (χ0) is 23.4. The molecule has 10 heteroatoms. The number of Topliss-reactive ketones (excluding diaryl/α,β-unsaturated/α-hetero) is 1. The second kappa shape index (κ2) is 9.44. The molecule has 0 bridgehead atoms. The number of carbonyl (C=O) groups is 1. The molecule has 168 valence electrons. The molecule has 3 N–H and O–H groups in total. The van der Waals surface area contributed by atoms with Crippen molar-refractivity contribution < 1.29 is 26.8 Å². The number of sulfone groups is 1. The third-order valence-electron chi connectivity index (χ3n) is 4.32. The molecule has 31 heavy (non-hydrogen) atoms. The first-order valence-corrected chi connectivity index (χ1v) is 12.6. The molecule has 8 nitrogen and oxygen atoms in total. The molecule has 0 amide bonds. The predicted octanol–water partition coefficient (Wildman–Crippen LogP) is 4.02. The van der Waals surface area contributed by atoms with E-state index in [4.69, 9.17) is 20.2 Å². The van der Waals surface area contributed by atoms with Gasteiger partial charge in [0.25, 0.3) is 0 Å². The van der Waals surface area contributed by atoms with Crippen LogP contribution in [0.4, 0.5) is 0 Å². The minimum absolute atomic E-state index is 0.0511. The van der Waals surface area contributed by atoms with E-state index in [2.05, 4.69) is 0 Å². The summed E-state index contributed by atoms with van der Waals surface area (Å²) in [4.78, 5) is 11.0. The Kier molecular flexibility index (Phi) is 7.60. The Morgan fingerprint density at radius 1 is 1.03 bits per heavy atom. The number of rotatable bonds is 10. The topological polar surface area (TPSA) is 137 Å². The lowest BCUT2D eigenvalue weighted by molar-refractivity contribution is 0.0941. The Morgan fingerprint density at radius 2 is 1.52 bits per heavy atom. The minimum Gasteiger partial charge on any atom is -0.386 e. The van der Waals surface area contributed by atoms with Crippen molar-refractivity contribution in [2.24, 2.45) is 5.73 Å². The van der Waals surface area contributed by atoms with Gasteiger partial charge in [-0.25, -0.2) is 8.42 Å². The van der Waals surface area contributed by atoms with Gasteiger partial charge >= 0.3 is 7.60 Å². The van der Waals surface area contributed by atoms with Crippen molar-refractivity contribution in [2.75, 3.05) is 0 Å². The van der Waals surface area contributed by atoms with Gasteiger partial charge in [-0.05, 0) is 39.8 Å². The molecule has 2 aromatic rings. The van der Waals surface area contributed by atoms with E-state index in [1.54, 1.807) is 50.2 Å². The van der Waals surface area contributed by atoms with Gasteiger partial charge in [0.15, 0.2) is 16.4 Å². The van der Waals surface area contributed by atoms with Crippen molar-refractivity contribution in [1.82, 2.24) is 0 Å². The maximum absolute atomic E-state index is 13.9. The highest BCUT2D eigenvalue weighted by atomic mass is 32.2. The molecule has 2 atom stereocenters. The standard InChI is InChI=1S/C21H27N2O6PS/c1-15(2)28-30(25,19(20(22)23)18(24)16-11-7-5-8-12-16)29-21(3,4)31(26,27)17-13-9-6-10-14-17/h5-15,19H,1-4H3,(H3,22,23). The molecule has 2 rings (SSSR count). The van der Waals surface area contributed by atoms with Crippen LogP contribution in [-0.2, 0) is 23.4 Å². The van der Waals surface area contributed by atoms with Crippen LogP contribution in [0.15, 0.2) is 65.6 Å². The fourth-order valence-electron chi connectivity index (χ4n) is 2.88. The van der Waals surface area contributed by atoms with Crippen LogP contribution in [0.5, 0.6) is 0 Å². The lowest BCUT2D eigenvalue weighted by Gasteiger charge is -2.34. The lowest BCUT2D eigenvalue weighted by atomic mass is 10.1. The monoisotopic (exact) mass is 466 g/mol. The highest BCUT2D eigenvalue weighted by molar-refractivity contribution is 7.92. The largest absolute Gasteiger partial charge is 0.386 e. The molecule has 0 fully saturated rings. The predicted molar refractivity (Wildman–Crippen MR) is 119 cm³/mol. The van der Waals surface area contributed by atoms with Gasteiger partial charge < -0.3 is 10.3 Å². The molecular formula is C21H27N2O6PS. The van der Waals surface area contributed by atoms with Gasteiger partial charge in [-0.1, -0.05) is 48.5 Å². The maximum Gasteiger partial charge on any atom is 0.350 e. The van der Waals surface area contributed by atoms with Gasteiger partial charge in [0.2, 0.25) is 9.84 Å². The number of nitrogens with one attached hydrogen (secondary N) is 1. The van der Waals surface area contributed by atoms with E-state index in [0.29, 0.717) is 0 Å². The first-order chi connectivity index (χ1) is 14.3. The summed E-state index contributed by atoms with van der Waals surface area (Å²) in [5.74, 6) is -1.50. The van der Waals surface area contributed by atoms with Gasteiger partial charge in [0.05, 0.1) is 11.0 Å². The molecule has 0 saturated heterocycles. The minimum atomic E-state index is -4.58. The first-order valence-electron chi connectivity index (χ1n) is 9.53. The summed E-state index contributed by atoms with van der Waals surface area (Å²) >= 11 is 0. The van der Waals surface area contributed by atoms with Crippen LogP contribution in [0.1, 0.15) is 38.1 Å². The van der Waals surface area contributed by atoms with Gasteiger partial charge in [0, 0.05) is 5.56 Å². The molecule has 0 aliphatic rings. The molecule has 0 aliphatic carbocycles. The fourth-order valence-corrected chi connectivity index (χ4v) is 6.92. The second-order valence-corrected chi connectivity index (χ2v) is 12.0. The Morgan fingerprint density at radius 3 is 1.97 bits per heavy atom. The normalized spacial score (nSPS) is 15.3. The van der Waals surface area contributed by atoms with E-state index in [9.17, 15) is 17.8 Å². The highest BCUT2D eigenvalue weighted by Crippen LogP contribution is 2.58. The number of ketones is 1. The van der Waals surface area contributed by atoms with Crippen LogP contribution in [-0.4, -0.2) is 36.7 Å². The summed E-state index contributed by atoms with van der Waals surface area (Å²) < 4.78 is 51.4. The van der Waals surface area contributed by atoms with Gasteiger partial charge in [-0.15, -0.1) is 0 Å². The third-order valence-corrected chi connectivity index (χ3v) is 9.29. The molecule has 0 radical (unpaired) electrons. The fraction of sp³-hybridized carbons (Fsp3) is 0.333. The zero-order valence-electron chi connectivity index (χ0n) is 17.8. The quantitative estimate of drug-likeness (QED) is 0.233. The second-order valence-electron chi connectivity index (χ2n) is 7.59. The molecule has 0 heterocycles. The SMILES string of the molecule is CC(C)OP(=O)(OC(C)(C)S(=O)(=O)c1ccccc1)C(C(=N)N)C(=O)c1ccccc1. The Labute approximate surface area is 182 Å². The molecule has 0 aromatic heterocycles. The van der Waals surface area contributed by atoms with Crippen molar-refractivity contribution >= 4 is 29.1 Å². The summed E-state index contributed by atoms with van der Waals surface area (Å²) in [7, 11) is -8.73. The van der Waals surface area contributed by atoms with Crippen LogP contribution in [0.25, 0.3) is 0 Å². The number of amidine groups is 1. The van der Waals surface area contributed by atoms with Crippen LogP contribution < -0.4 is 5.73 Å². The van der Waals surface area contributed by atoms with Crippen molar-refractivity contribution in [3.8, 4) is 0 Å². The average molecular weight is 466 g/mol. The van der Waals surface area contributed by atoms with Crippen molar-refractivity contribution in [1.29, 1.82) is 5.41 Å². The van der Waals surface area contributed by atoms with E-state index >= 15 is 0 Å². The summed E-state index contributed by atoms with van der Waals surface area (Å²) in [5.41, 5.74) is 3.99. The summed E-state index contributed by atoms with van der Waals surface area (Å²) in [5, 5.41) is 7.93. The number of benzene rings is 2. The van der Waals surface area contributed by atoms with Crippen LogP contribution in [0.3, 0.4) is 0 Å². The molecule has 2 unspecified atom stereocenters. The van der Waals surface area contributed by atoms with E-state index in [-0.39, 0.29) is 10.5 Å². The van der Waals surface area contributed by atoms with Crippen molar-refractivity contribution in [2.45, 2.75) is 49.3 Å². The third kappa shape index (κ3) is 5.49. The first kappa shape index (κ1) is 24.9. The van der Waals surface area contributed by atoms with E-state index in [1.165, 1.54) is 38.1 Å². The van der Waals surface area contributed by atoms with Crippen molar-refractivity contribution in [3.05, 3.63) is 66.2 Å². The summed E-state index contributed by atoms with van der Waals surface area (Å²) in [6.07, 6.45) is -0.702. The molecular weight excluding hydrogens is 439 g/mol. The van der Waals surface area contributed by atoms with E-state index in [0.717, 1.165) is 0 Å². The number of carbonyl (C=O) groups excluding carboxylic acids is 1. The smallest absolute Gasteiger partial charge is 0.350 e. The van der Waals surface area contributed by atoms with Gasteiger partial charge in [0.1, 0.15) is 5.84 Å². The number of hydrogen-bond donors (Lipinski definition) is 2. The van der Waals surface area contributed by atoms with Gasteiger partial charge in [-0.3, -0.25) is 19.3 Å². The average Bonchev–Trinajstić information content (AvgIpc) is 2.67. The Balaban J connectivity index is 2.57. The molecule has 0 spiro atoms. The molecule has 2 aromatic carbocycles. The molecule has 0 saturated carbocycles. The Bertz CT molecular complexity index is 1090. The highest BCUT2D eigenvalue weighted by Gasteiger charge is 2.51. The lowest BCUT2D eigenvalue weighted by Crippen LogP contribution is -2.41. The zero-order valence-corrected chi connectivity index (χ0v) is 19.5. The van der Waals surface area contributed by atoms with E-state index in [1.807, 2.05) is 0 Å². The van der Waals surface area contributed by atoms with E-state index < -0.39 is 45.7 Å². The van der Waals surface area contributed by atoms with Gasteiger partial charge in [-0.2, -0.15) is 0 Å². The Hall–Kier alpha value is -2.32. The summed E-state index contributed by atoms with van der Waals surface area (Å²) in [6.45, 7) is 5.55. The van der Waals surface area contributed by atoms with Crippen molar-refractivity contribution in [3.63, 3.8) is 0 Å². The number of hydrogen-bond acceptors (Lipinski definition) is 7. The number of nitrogens with two attached hydrogens (primary N) is 1. The van der Waals surface area contributed by atoms with Crippen LogP contribution in [0.2, 0.25) is 0 Å². The summed E-state index contributed by atoms with van der Waals surface area (Å²) in [6, 6.07) is 15.4. The molecule has 0 aliphatic heterocycles.